The normalized spacial score (nSPS) is 23.1. The smallest absolute Gasteiger partial charge is 0.303 e. The molecule has 0 saturated carbocycles. The summed E-state index contributed by atoms with van der Waals surface area (Å²) >= 11 is 0. The number of esters is 3. The second-order valence-electron chi connectivity index (χ2n) is 10.4. The van der Waals surface area contributed by atoms with Gasteiger partial charge in [0.2, 0.25) is 5.91 Å². The van der Waals surface area contributed by atoms with Crippen LogP contribution in [0.15, 0.2) is 53.7 Å². The Labute approximate surface area is 259 Å². The second-order valence-corrected chi connectivity index (χ2v) is 10.4. The predicted molar refractivity (Wildman–Crippen MR) is 157 cm³/mol. The van der Waals surface area contributed by atoms with Gasteiger partial charge in [-0.1, -0.05) is 41.1 Å². The SMILES string of the molecule is CC(=O)N[C@@H]1[C@H](O/N=C2\C(=O)N(CCOc3ccc(C)cc3)c3ccccc32)O[C@H](COC(C)=O)[C@H](OC(C)=O)[C@@H]1OC(C)=O. The molecule has 1 N–H and O–H groups in total. The maximum atomic E-state index is 13.6. The minimum Gasteiger partial charge on any atom is -0.492 e. The lowest BCUT2D eigenvalue weighted by Crippen LogP contribution is -2.66. The number of nitrogens with one attached hydrogen (secondary N) is 1. The quantitative estimate of drug-likeness (QED) is 0.220. The van der Waals surface area contributed by atoms with Crippen molar-refractivity contribution in [1.29, 1.82) is 0 Å². The summed E-state index contributed by atoms with van der Waals surface area (Å²) in [4.78, 5) is 68.7. The van der Waals surface area contributed by atoms with Crippen molar-refractivity contribution >= 4 is 41.1 Å². The van der Waals surface area contributed by atoms with Gasteiger partial charge in [0.25, 0.3) is 12.2 Å². The number of nitrogens with zero attached hydrogens (tertiary/aromatic N) is 2. The van der Waals surface area contributed by atoms with Gasteiger partial charge in [0.1, 0.15) is 31.1 Å². The Morgan fingerprint density at radius 3 is 2.22 bits per heavy atom. The Bertz CT molecular complexity index is 1460. The van der Waals surface area contributed by atoms with Crippen LogP contribution in [-0.2, 0) is 47.8 Å². The van der Waals surface area contributed by atoms with Crippen molar-refractivity contribution in [1.82, 2.24) is 5.32 Å². The zero-order valence-corrected chi connectivity index (χ0v) is 25.5. The molecule has 2 heterocycles. The van der Waals surface area contributed by atoms with E-state index in [0.717, 1.165) is 19.4 Å². The van der Waals surface area contributed by atoms with Crippen LogP contribution in [0.4, 0.5) is 5.69 Å². The lowest BCUT2D eigenvalue weighted by Gasteiger charge is -2.43. The van der Waals surface area contributed by atoms with E-state index < -0.39 is 67.0 Å². The molecule has 0 aliphatic carbocycles. The van der Waals surface area contributed by atoms with Gasteiger partial charge in [0.15, 0.2) is 17.9 Å². The predicted octanol–water partition coefficient (Wildman–Crippen LogP) is 1.80. The van der Waals surface area contributed by atoms with Gasteiger partial charge in [-0.15, -0.1) is 0 Å². The number of amides is 2. The minimum atomic E-state index is -1.48. The number of ether oxygens (including phenoxy) is 5. The molecule has 14 heteroatoms. The number of carbonyl (C=O) groups excluding carboxylic acids is 5. The van der Waals surface area contributed by atoms with Crippen molar-refractivity contribution in [2.45, 2.75) is 65.3 Å². The monoisotopic (exact) mass is 625 g/mol. The third-order valence-corrected chi connectivity index (χ3v) is 6.82. The number of oxime groups is 1. The first-order valence-corrected chi connectivity index (χ1v) is 14.2. The Hall–Kier alpha value is -4.98. The number of fused-ring (bicyclic) bond motifs is 1. The van der Waals surface area contributed by atoms with Crippen molar-refractivity contribution in [3.63, 3.8) is 0 Å². The molecule has 4 rings (SSSR count). The van der Waals surface area contributed by atoms with Crippen LogP contribution in [0.25, 0.3) is 0 Å². The molecule has 2 aromatic carbocycles. The average molecular weight is 626 g/mol. The topological polar surface area (TPSA) is 168 Å². The first-order valence-electron chi connectivity index (χ1n) is 14.2. The number of benzene rings is 2. The molecule has 14 nitrogen and oxygen atoms in total. The van der Waals surface area contributed by atoms with Gasteiger partial charge >= 0.3 is 17.9 Å². The zero-order chi connectivity index (χ0) is 32.7. The highest BCUT2D eigenvalue weighted by molar-refractivity contribution is 6.54. The van der Waals surface area contributed by atoms with Crippen LogP contribution < -0.4 is 15.0 Å². The van der Waals surface area contributed by atoms with Crippen LogP contribution in [0.1, 0.15) is 38.8 Å². The molecule has 0 aromatic heterocycles. The van der Waals surface area contributed by atoms with Crippen LogP contribution in [0, 0.1) is 6.92 Å². The number of rotatable bonds is 11. The summed E-state index contributed by atoms with van der Waals surface area (Å²) in [5, 5.41) is 6.73. The number of hydrogen-bond donors (Lipinski definition) is 1. The Balaban J connectivity index is 1.61. The molecule has 0 spiro atoms. The maximum absolute atomic E-state index is 13.6. The molecule has 1 fully saturated rings. The van der Waals surface area contributed by atoms with Crippen molar-refractivity contribution in [3.05, 3.63) is 59.7 Å². The fourth-order valence-electron chi connectivity index (χ4n) is 4.95. The molecule has 45 heavy (non-hydrogen) atoms. The van der Waals surface area contributed by atoms with E-state index in [1.54, 1.807) is 24.3 Å². The van der Waals surface area contributed by atoms with E-state index in [1.165, 1.54) is 18.7 Å². The van der Waals surface area contributed by atoms with Gasteiger partial charge in [-0.2, -0.15) is 0 Å². The summed E-state index contributed by atoms with van der Waals surface area (Å²) in [7, 11) is 0. The van der Waals surface area contributed by atoms with Crippen LogP contribution in [0.3, 0.4) is 0 Å². The van der Waals surface area contributed by atoms with Gasteiger partial charge in [-0.25, -0.2) is 0 Å². The molecule has 2 amide bonds. The molecule has 2 aliphatic heterocycles. The first kappa shape index (κ1) is 32.9. The molecular formula is C31H35N3O11. The van der Waals surface area contributed by atoms with Crippen LogP contribution in [0.2, 0.25) is 0 Å². The van der Waals surface area contributed by atoms with Crippen LogP contribution in [0.5, 0.6) is 5.75 Å². The van der Waals surface area contributed by atoms with Crippen molar-refractivity contribution < 1.29 is 52.5 Å². The largest absolute Gasteiger partial charge is 0.492 e. The van der Waals surface area contributed by atoms with E-state index in [1.807, 2.05) is 31.2 Å². The zero-order valence-electron chi connectivity index (χ0n) is 25.5. The number of anilines is 1. The third kappa shape index (κ3) is 8.35. The van der Waals surface area contributed by atoms with Gasteiger partial charge < -0.3 is 38.7 Å². The summed E-state index contributed by atoms with van der Waals surface area (Å²) in [6, 6.07) is 13.3. The second kappa shape index (κ2) is 14.7. The Kier molecular flexibility index (Phi) is 10.7. The average Bonchev–Trinajstić information content (AvgIpc) is 3.24. The summed E-state index contributed by atoms with van der Waals surface area (Å²) in [6.45, 7) is 6.63. The third-order valence-electron chi connectivity index (χ3n) is 6.82. The molecule has 0 radical (unpaired) electrons. The van der Waals surface area contributed by atoms with Crippen LogP contribution >= 0.6 is 0 Å². The summed E-state index contributed by atoms with van der Waals surface area (Å²) in [5.74, 6) is -2.51. The first-order chi connectivity index (χ1) is 21.4. The van der Waals surface area contributed by atoms with Crippen LogP contribution in [-0.4, -0.2) is 85.8 Å². The number of para-hydroxylation sites is 1. The standard InChI is InChI=1S/C31H35N3O11/c1-17-10-12-22(13-11-17)40-15-14-34-24-9-7-6-8-23(24)26(30(34)39)33-45-31-27(32-18(2)35)29(43-21(5)38)28(42-20(4)37)25(44-31)16-41-19(3)36/h6-13,25,27-29,31H,14-16H2,1-5H3,(H,32,35)/b33-26-/t25-,27+,28+,29-,31+/m1/s1. The fourth-order valence-corrected chi connectivity index (χ4v) is 4.95. The summed E-state index contributed by atoms with van der Waals surface area (Å²) < 4.78 is 27.8. The summed E-state index contributed by atoms with van der Waals surface area (Å²) in [5.41, 5.74) is 2.11. The number of carbonyl (C=O) groups is 5. The molecule has 5 atom stereocenters. The van der Waals surface area contributed by atoms with E-state index in [-0.39, 0.29) is 18.9 Å². The van der Waals surface area contributed by atoms with E-state index >= 15 is 0 Å². The van der Waals surface area contributed by atoms with E-state index in [2.05, 4.69) is 10.5 Å². The lowest BCUT2D eigenvalue weighted by molar-refractivity contribution is -0.278. The van der Waals surface area contributed by atoms with Crippen molar-refractivity contribution in [2.24, 2.45) is 5.16 Å². The molecule has 2 aromatic rings. The lowest BCUT2D eigenvalue weighted by atomic mass is 9.96. The van der Waals surface area contributed by atoms with Crippen molar-refractivity contribution in [2.75, 3.05) is 24.7 Å². The van der Waals surface area contributed by atoms with Gasteiger partial charge in [-0.05, 0) is 25.1 Å². The molecule has 0 bridgehead atoms. The maximum Gasteiger partial charge on any atom is 0.303 e. The van der Waals surface area contributed by atoms with E-state index in [4.69, 9.17) is 28.5 Å². The highest BCUT2D eigenvalue weighted by atomic mass is 16.8. The number of aryl methyl sites for hydroxylation is 1. The van der Waals surface area contributed by atoms with E-state index in [9.17, 15) is 24.0 Å². The molecule has 0 unspecified atom stereocenters. The highest BCUT2D eigenvalue weighted by Crippen LogP contribution is 2.31. The fraction of sp³-hybridized carbons (Fsp3) is 0.419. The molecular weight excluding hydrogens is 590 g/mol. The number of hydrogen-bond acceptors (Lipinski definition) is 12. The highest BCUT2D eigenvalue weighted by Gasteiger charge is 2.52. The van der Waals surface area contributed by atoms with E-state index in [0.29, 0.717) is 17.0 Å². The molecule has 2 aliphatic rings. The Morgan fingerprint density at radius 1 is 0.911 bits per heavy atom. The van der Waals surface area contributed by atoms with Gasteiger partial charge in [-0.3, -0.25) is 24.0 Å². The minimum absolute atomic E-state index is 0.0474. The van der Waals surface area contributed by atoms with Crippen molar-refractivity contribution in [3.8, 4) is 5.75 Å². The Morgan fingerprint density at radius 2 is 1.58 bits per heavy atom. The molecule has 240 valence electrons. The molecule has 1 saturated heterocycles. The van der Waals surface area contributed by atoms with Gasteiger partial charge in [0, 0.05) is 33.3 Å². The summed E-state index contributed by atoms with van der Waals surface area (Å²) in [6.07, 6.45) is -5.30. The van der Waals surface area contributed by atoms with Gasteiger partial charge in [0.05, 0.1) is 12.2 Å².